The Morgan fingerprint density at radius 1 is 1.00 bits per heavy atom. The second kappa shape index (κ2) is 7.32. The monoisotopic (exact) mass is 311 g/mol. The van der Waals surface area contributed by atoms with Crippen LogP contribution in [0.3, 0.4) is 0 Å². The number of anilines is 1. The zero-order valence-electron chi connectivity index (χ0n) is 14.6. The van der Waals surface area contributed by atoms with Crippen molar-refractivity contribution in [3.63, 3.8) is 0 Å². The van der Waals surface area contributed by atoms with Crippen molar-refractivity contribution in [2.24, 2.45) is 0 Å². The van der Waals surface area contributed by atoms with Gasteiger partial charge in [0.2, 0.25) is 0 Å². The zero-order chi connectivity index (χ0) is 17.0. The Morgan fingerprint density at radius 2 is 1.61 bits per heavy atom. The van der Waals surface area contributed by atoms with E-state index in [-0.39, 0.29) is 5.91 Å². The lowest BCUT2D eigenvalue weighted by Crippen LogP contribution is -2.32. The van der Waals surface area contributed by atoms with Gasteiger partial charge in [0.05, 0.1) is 0 Å². The van der Waals surface area contributed by atoms with Gasteiger partial charge in [-0.15, -0.1) is 0 Å². The summed E-state index contributed by atoms with van der Waals surface area (Å²) >= 11 is 0. The molecule has 1 amide bonds. The predicted molar refractivity (Wildman–Crippen MR) is 95.2 cm³/mol. The Morgan fingerprint density at radius 3 is 2.26 bits per heavy atom. The molecular formula is C20H25NO2. The van der Waals surface area contributed by atoms with Gasteiger partial charge in [0, 0.05) is 5.69 Å². The van der Waals surface area contributed by atoms with Gasteiger partial charge in [-0.1, -0.05) is 31.2 Å². The maximum Gasteiger partial charge on any atom is 0.265 e. The van der Waals surface area contributed by atoms with Gasteiger partial charge in [0.25, 0.3) is 5.91 Å². The van der Waals surface area contributed by atoms with Gasteiger partial charge >= 0.3 is 0 Å². The Balaban J connectivity index is 2.15. The van der Waals surface area contributed by atoms with E-state index in [1.54, 1.807) is 0 Å². The van der Waals surface area contributed by atoms with Gasteiger partial charge in [0.15, 0.2) is 6.10 Å². The summed E-state index contributed by atoms with van der Waals surface area (Å²) < 4.78 is 5.97. The van der Waals surface area contributed by atoms with Crippen LogP contribution in [0.15, 0.2) is 36.4 Å². The van der Waals surface area contributed by atoms with Crippen LogP contribution in [-0.2, 0) is 4.79 Å². The highest BCUT2D eigenvalue weighted by molar-refractivity contribution is 5.95. The first-order valence-electron chi connectivity index (χ1n) is 8.02. The molecule has 0 unspecified atom stereocenters. The summed E-state index contributed by atoms with van der Waals surface area (Å²) in [6.45, 7) is 9.96. The molecule has 122 valence electrons. The maximum atomic E-state index is 12.6. The number of carbonyl (C=O) groups is 1. The van der Waals surface area contributed by atoms with Crippen LogP contribution in [0, 0.1) is 27.7 Å². The van der Waals surface area contributed by atoms with Crippen molar-refractivity contribution in [1.29, 1.82) is 0 Å². The third-order valence-electron chi connectivity index (χ3n) is 3.93. The van der Waals surface area contributed by atoms with Crippen molar-refractivity contribution in [3.8, 4) is 5.75 Å². The lowest BCUT2D eigenvalue weighted by molar-refractivity contribution is -0.122. The van der Waals surface area contributed by atoms with Crippen molar-refractivity contribution in [2.45, 2.75) is 47.1 Å². The summed E-state index contributed by atoms with van der Waals surface area (Å²) in [4.78, 5) is 12.6. The first-order valence-corrected chi connectivity index (χ1v) is 8.02. The molecule has 1 N–H and O–H groups in total. The first-order chi connectivity index (χ1) is 10.9. The minimum Gasteiger partial charge on any atom is -0.480 e. The molecule has 3 nitrogen and oxygen atoms in total. The average molecular weight is 311 g/mol. The number of hydrogen-bond acceptors (Lipinski definition) is 2. The molecule has 0 heterocycles. The number of aryl methyl sites for hydroxylation is 4. The molecule has 0 aliphatic heterocycles. The molecule has 0 aliphatic carbocycles. The normalized spacial score (nSPS) is 11.9. The summed E-state index contributed by atoms with van der Waals surface area (Å²) in [5, 5.41) is 2.99. The van der Waals surface area contributed by atoms with Crippen LogP contribution in [0.1, 0.15) is 35.6 Å². The minimum absolute atomic E-state index is 0.109. The average Bonchev–Trinajstić information content (AvgIpc) is 2.51. The van der Waals surface area contributed by atoms with Crippen LogP contribution in [0.2, 0.25) is 0 Å². The number of carbonyl (C=O) groups excluding carboxylic acids is 1. The third kappa shape index (κ3) is 4.35. The fourth-order valence-electron chi connectivity index (χ4n) is 2.39. The summed E-state index contributed by atoms with van der Waals surface area (Å²) in [6, 6.07) is 12.1. The molecule has 0 aromatic heterocycles. The number of nitrogens with one attached hydrogen (secondary N) is 1. The lowest BCUT2D eigenvalue weighted by atomic mass is 10.1. The van der Waals surface area contributed by atoms with E-state index in [1.165, 1.54) is 0 Å². The molecule has 0 saturated carbocycles. The van der Waals surface area contributed by atoms with Gasteiger partial charge in [-0.05, 0) is 68.5 Å². The largest absolute Gasteiger partial charge is 0.480 e. The minimum atomic E-state index is -0.504. The Hall–Kier alpha value is -2.29. The van der Waals surface area contributed by atoms with Gasteiger partial charge in [-0.25, -0.2) is 0 Å². The van der Waals surface area contributed by atoms with E-state index in [0.29, 0.717) is 6.42 Å². The van der Waals surface area contributed by atoms with Crippen molar-refractivity contribution in [2.75, 3.05) is 5.32 Å². The van der Waals surface area contributed by atoms with Crippen LogP contribution >= 0.6 is 0 Å². The van der Waals surface area contributed by atoms with Gasteiger partial charge in [0.1, 0.15) is 5.75 Å². The highest BCUT2D eigenvalue weighted by Crippen LogP contribution is 2.22. The molecule has 2 aromatic rings. The molecule has 2 aromatic carbocycles. The molecule has 23 heavy (non-hydrogen) atoms. The molecule has 1 atom stereocenters. The second-order valence-corrected chi connectivity index (χ2v) is 6.09. The highest BCUT2D eigenvalue weighted by atomic mass is 16.5. The zero-order valence-corrected chi connectivity index (χ0v) is 14.6. The highest BCUT2D eigenvalue weighted by Gasteiger charge is 2.20. The quantitative estimate of drug-likeness (QED) is 0.868. The fourth-order valence-corrected chi connectivity index (χ4v) is 2.39. The molecule has 0 radical (unpaired) electrons. The van der Waals surface area contributed by atoms with Crippen molar-refractivity contribution < 1.29 is 9.53 Å². The Kier molecular flexibility index (Phi) is 5.43. The van der Waals surface area contributed by atoms with Crippen molar-refractivity contribution in [3.05, 3.63) is 58.7 Å². The summed E-state index contributed by atoms with van der Waals surface area (Å²) in [5.41, 5.74) is 5.17. The van der Waals surface area contributed by atoms with Crippen LogP contribution in [0.25, 0.3) is 0 Å². The van der Waals surface area contributed by atoms with Gasteiger partial charge in [-0.3, -0.25) is 4.79 Å². The van der Waals surface area contributed by atoms with Crippen LogP contribution < -0.4 is 10.1 Å². The summed E-state index contributed by atoms with van der Waals surface area (Å²) in [6.07, 6.45) is 0.111. The Bertz CT molecular complexity index is 707. The molecule has 0 fully saturated rings. The number of rotatable bonds is 5. The van der Waals surface area contributed by atoms with E-state index in [1.807, 2.05) is 71.0 Å². The smallest absolute Gasteiger partial charge is 0.265 e. The van der Waals surface area contributed by atoms with Crippen molar-refractivity contribution in [1.82, 2.24) is 0 Å². The summed E-state index contributed by atoms with van der Waals surface area (Å²) in [5.74, 6) is 0.662. The Labute approximate surface area is 138 Å². The second-order valence-electron chi connectivity index (χ2n) is 6.09. The number of amides is 1. The van der Waals surface area contributed by atoms with Gasteiger partial charge < -0.3 is 10.1 Å². The number of hydrogen-bond donors (Lipinski definition) is 1. The molecule has 0 aliphatic rings. The summed E-state index contributed by atoms with van der Waals surface area (Å²) in [7, 11) is 0. The molecule has 2 rings (SSSR count). The van der Waals surface area contributed by atoms with Crippen LogP contribution in [0.5, 0.6) is 5.75 Å². The van der Waals surface area contributed by atoms with Crippen molar-refractivity contribution >= 4 is 11.6 Å². The van der Waals surface area contributed by atoms with E-state index >= 15 is 0 Å². The molecular weight excluding hydrogens is 286 g/mol. The predicted octanol–water partition coefficient (Wildman–Crippen LogP) is 4.72. The fraction of sp³-hybridized carbons (Fsp3) is 0.350. The van der Waals surface area contributed by atoms with E-state index in [4.69, 9.17) is 4.74 Å². The number of ether oxygens (including phenoxy) is 1. The van der Waals surface area contributed by atoms with E-state index < -0.39 is 6.10 Å². The SMILES string of the molecule is CC[C@H](Oc1cc(C)ccc1C)C(=O)Nc1cc(C)ccc1C. The standard InChI is InChI=1S/C20H25NO2/c1-6-18(23-19-12-14(3)8-10-16(19)5)20(22)21-17-11-13(2)7-9-15(17)4/h7-12,18H,6H2,1-5H3,(H,21,22)/t18-/m0/s1. The molecule has 0 saturated heterocycles. The lowest BCUT2D eigenvalue weighted by Gasteiger charge is -2.20. The molecule has 0 bridgehead atoms. The first kappa shape index (κ1) is 17.1. The third-order valence-corrected chi connectivity index (χ3v) is 3.93. The van der Waals surface area contributed by atoms with E-state index in [2.05, 4.69) is 5.32 Å². The van der Waals surface area contributed by atoms with E-state index in [0.717, 1.165) is 33.7 Å². The van der Waals surface area contributed by atoms with Crippen LogP contribution in [0.4, 0.5) is 5.69 Å². The number of benzene rings is 2. The van der Waals surface area contributed by atoms with E-state index in [9.17, 15) is 4.79 Å². The molecule has 0 spiro atoms. The topological polar surface area (TPSA) is 38.3 Å². The van der Waals surface area contributed by atoms with Crippen LogP contribution in [-0.4, -0.2) is 12.0 Å². The maximum absolute atomic E-state index is 12.6. The van der Waals surface area contributed by atoms with Gasteiger partial charge in [-0.2, -0.15) is 0 Å². The molecule has 3 heteroatoms.